The van der Waals surface area contributed by atoms with Gasteiger partial charge in [0.15, 0.2) is 15.6 Å². The summed E-state index contributed by atoms with van der Waals surface area (Å²) in [5, 5.41) is 0. The Labute approximate surface area is 194 Å². The second-order valence-electron chi connectivity index (χ2n) is 8.06. The summed E-state index contributed by atoms with van der Waals surface area (Å²) in [6, 6.07) is 4.21. The highest BCUT2D eigenvalue weighted by atomic mass is 32.2. The predicted molar refractivity (Wildman–Crippen MR) is 124 cm³/mol. The number of rotatable bonds is 10. The van der Waals surface area contributed by atoms with Gasteiger partial charge >= 0.3 is 0 Å². The third kappa shape index (κ3) is 7.64. The van der Waals surface area contributed by atoms with Crippen molar-refractivity contribution >= 4 is 21.5 Å². The van der Waals surface area contributed by atoms with Crippen molar-refractivity contribution in [3.05, 3.63) is 59.5 Å². The van der Waals surface area contributed by atoms with E-state index in [-0.39, 0.29) is 34.5 Å². The van der Waals surface area contributed by atoms with E-state index >= 15 is 0 Å². The van der Waals surface area contributed by atoms with Crippen molar-refractivity contribution in [3.8, 4) is 5.75 Å². The van der Waals surface area contributed by atoms with Crippen LogP contribution in [0.2, 0.25) is 0 Å². The number of Topliss-reactive ketones (excluding diaryl/α,β-unsaturated/α-hetero) is 1. The van der Waals surface area contributed by atoms with Gasteiger partial charge < -0.3 is 14.4 Å². The molecule has 0 spiro atoms. The van der Waals surface area contributed by atoms with Crippen LogP contribution < -0.4 is 4.74 Å². The van der Waals surface area contributed by atoms with E-state index in [2.05, 4.69) is 0 Å². The quantitative estimate of drug-likeness (QED) is 0.476. The van der Waals surface area contributed by atoms with E-state index < -0.39 is 27.7 Å². The molecule has 33 heavy (non-hydrogen) atoms. The predicted octanol–water partition coefficient (Wildman–Crippen LogP) is 3.66. The fourth-order valence-corrected chi connectivity index (χ4v) is 3.71. The minimum Gasteiger partial charge on any atom is -0.490 e. The molecular weight excluding hydrogens is 449 g/mol. The van der Waals surface area contributed by atoms with E-state index in [1.165, 1.54) is 42.2 Å². The van der Waals surface area contributed by atoms with Crippen molar-refractivity contribution in [3.63, 3.8) is 0 Å². The Kier molecular flexibility index (Phi) is 9.13. The van der Waals surface area contributed by atoms with E-state index in [0.29, 0.717) is 18.7 Å². The van der Waals surface area contributed by atoms with Gasteiger partial charge in [0.2, 0.25) is 0 Å². The highest BCUT2D eigenvalue weighted by Gasteiger charge is 2.21. The second-order valence-corrected chi connectivity index (χ2v) is 10.1. The Morgan fingerprint density at radius 3 is 2.55 bits per heavy atom. The molecule has 0 heterocycles. The van der Waals surface area contributed by atoms with Crippen molar-refractivity contribution in [2.24, 2.45) is 0 Å². The fraction of sp³-hybridized carbons (Fsp3) is 0.417. The van der Waals surface area contributed by atoms with E-state index in [1.54, 1.807) is 13.1 Å². The number of hydrogen-bond donors (Lipinski definition) is 0. The molecule has 0 aliphatic heterocycles. The lowest BCUT2D eigenvalue weighted by Crippen LogP contribution is -2.29. The summed E-state index contributed by atoms with van der Waals surface area (Å²) in [6.45, 7) is 5.44. The maximum absolute atomic E-state index is 14.3. The van der Waals surface area contributed by atoms with Gasteiger partial charge in [-0.1, -0.05) is 12.2 Å². The van der Waals surface area contributed by atoms with Crippen LogP contribution in [0.5, 0.6) is 5.75 Å². The summed E-state index contributed by atoms with van der Waals surface area (Å²) in [7, 11) is -1.91. The van der Waals surface area contributed by atoms with Crippen LogP contribution in [0.1, 0.15) is 37.6 Å². The van der Waals surface area contributed by atoms with E-state index in [9.17, 15) is 22.4 Å². The Morgan fingerprint density at radius 2 is 1.94 bits per heavy atom. The number of amides is 1. The molecule has 2 rings (SSSR count). The molecule has 180 valence electrons. The molecule has 0 bridgehead atoms. The first-order valence-corrected chi connectivity index (χ1v) is 12.4. The van der Waals surface area contributed by atoms with Gasteiger partial charge in [-0.2, -0.15) is 0 Å². The Balaban J connectivity index is 2.02. The van der Waals surface area contributed by atoms with E-state index in [4.69, 9.17) is 9.47 Å². The van der Waals surface area contributed by atoms with E-state index in [0.717, 1.165) is 12.3 Å². The highest BCUT2D eigenvalue weighted by Crippen LogP contribution is 2.25. The lowest BCUT2D eigenvalue weighted by atomic mass is 10.1. The van der Waals surface area contributed by atoms with Crippen molar-refractivity contribution < 1.29 is 31.9 Å². The number of nitrogens with zero attached hydrogens (tertiary/aromatic N) is 1. The van der Waals surface area contributed by atoms with Crippen LogP contribution in [-0.2, 0) is 19.4 Å². The van der Waals surface area contributed by atoms with Gasteiger partial charge in [0.25, 0.3) is 5.91 Å². The third-order valence-corrected chi connectivity index (χ3v) is 5.90. The van der Waals surface area contributed by atoms with Gasteiger partial charge in [0.1, 0.15) is 17.7 Å². The molecule has 9 heteroatoms. The van der Waals surface area contributed by atoms with Gasteiger partial charge in [-0.05, 0) is 57.5 Å². The molecule has 1 amide bonds. The number of ketones is 1. The summed E-state index contributed by atoms with van der Waals surface area (Å²) >= 11 is 0. The first-order chi connectivity index (χ1) is 15.4. The zero-order chi connectivity index (χ0) is 24.8. The molecule has 0 N–H and O–H groups in total. The maximum atomic E-state index is 14.3. The third-order valence-electron chi connectivity index (χ3n) is 4.79. The molecule has 0 aromatic heterocycles. The molecule has 0 fully saturated rings. The number of hydrogen-bond acceptors (Lipinski definition) is 6. The number of carbonyl (C=O) groups excluding carboxylic acids is 2. The first-order valence-electron chi connectivity index (χ1n) is 10.5. The molecule has 7 nitrogen and oxygen atoms in total. The van der Waals surface area contributed by atoms with Crippen LogP contribution in [-0.4, -0.2) is 63.7 Å². The van der Waals surface area contributed by atoms with Crippen LogP contribution in [0.15, 0.2) is 58.8 Å². The van der Waals surface area contributed by atoms with Gasteiger partial charge in [-0.15, -0.1) is 0 Å². The summed E-state index contributed by atoms with van der Waals surface area (Å²) in [6.07, 6.45) is 6.16. The lowest BCUT2D eigenvalue weighted by Gasteiger charge is -2.21. The average molecular weight is 480 g/mol. The van der Waals surface area contributed by atoms with Crippen molar-refractivity contribution in [1.29, 1.82) is 0 Å². The van der Waals surface area contributed by atoms with Crippen molar-refractivity contribution in [2.75, 3.05) is 26.5 Å². The van der Waals surface area contributed by atoms with Crippen LogP contribution in [0.3, 0.4) is 0 Å². The molecule has 0 radical (unpaired) electrons. The zero-order valence-electron chi connectivity index (χ0n) is 19.5. The average Bonchev–Trinajstić information content (AvgIpc) is 2.91. The van der Waals surface area contributed by atoms with Gasteiger partial charge in [0, 0.05) is 32.0 Å². The zero-order valence-corrected chi connectivity index (χ0v) is 20.3. The Bertz CT molecular complexity index is 1090. The number of allylic oxidation sites excluding steroid dienone is 4. The van der Waals surface area contributed by atoms with Crippen molar-refractivity contribution in [2.45, 2.75) is 44.3 Å². The minimum atomic E-state index is -3.50. The number of halogens is 1. The Hall–Kier alpha value is -2.78. The van der Waals surface area contributed by atoms with E-state index in [1.807, 2.05) is 13.8 Å². The summed E-state index contributed by atoms with van der Waals surface area (Å²) < 4.78 is 49.4. The largest absolute Gasteiger partial charge is 0.490 e. The van der Waals surface area contributed by atoms with Crippen LogP contribution in [0.4, 0.5) is 4.39 Å². The molecular formula is C24H30FNO6S. The summed E-state index contributed by atoms with van der Waals surface area (Å²) in [4.78, 5) is 25.9. The van der Waals surface area contributed by atoms with Crippen LogP contribution >= 0.6 is 0 Å². The fourth-order valence-electron chi connectivity index (χ4n) is 3.07. The monoisotopic (exact) mass is 479 g/mol. The normalized spacial score (nSPS) is 16.2. The molecule has 1 unspecified atom stereocenters. The molecule has 1 aromatic rings. The van der Waals surface area contributed by atoms with Crippen molar-refractivity contribution in [1.82, 2.24) is 4.90 Å². The second kappa shape index (κ2) is 11.4. The first kappa shape index (κ1) is 26.5. The topological polar surface area (TPSA) is 90.0 Å². The van der Waals surface area contributed by atoms with Gasteiger partial charge in [-0.25, -0.2) is 12.8 Å². The van der Waals surface area contributed by atoms with Gasteiger partial charge in [-0.3, -0.25) is 9.59 Å². The molecule has 1 aliphatic rings. The standard InChI is InChI=1S/C24H30FNO6S/c1-16(2)32-22-11-10-19(33(5,29)30)15-20(22)24(28)26(4)12-7-13-31-23-9-6-8-18(17(3)27)14-21(23)25/h6,8-11,14-16,23H,7,12-13H2,1-5H3. The molecule has 0 saturated heterocycles. The molecule has 1 atom stereocenters. The molecule has 1 aliphatic carbocycles. The smallest absolute Gasteiger partial charge is 0.257 e. The number of carbonyl (C=O) groups is 2. The molecule has 0 saturated carbocycles. The van der Waals surface area contributed by atoms with Crippen LogP contribution in [0, 0.1) is 0 Å². The highest BCUT2D eigenvalue weighted by molar-refractivity contribution is 7.90. The van der Waals surface area contributed by atoms with Crippen LogP contribution in [0.25, 0.3) is 0 Å². The Morgan fingerprint density at radius 1 is 1.24 bits per heavy atom. The van der Waals surface area contributed by atoms with Gasteiger partial charge in [0.05, 0.1) is 16.6 Å². The SMILES string of the molecule is CC(=O)C1=CC=CC(OCCCN(C)C(=O)c2cc(S(C)(=O)=O)ccc2OC(C)C)C(F)=C1. The number of ether oxygens (including phenoxy) is 2. The number of benzene rings is 1. The molecule has 1 aromatic carbocycles. The minimum absolute atomic E-state index is 0.0274. The maximum Gasteiger partial charge on any atom is 0.257 e. The lowest BCUT2D eigenvalue weighted by molar-refractivity contribution is -0.113. The number of sulfone groups is 1. The summed E-state index contributed by atoms with van der Waals surface area (Å²) in [5.74, 6) is -0.902. The summed E-state index contributed by atoms with van der Waals surface area (Å²) in [5.41, 5.74) is 0.412.